The monoisotopic (exact) mass is 375 g/mol. The second kappa shape index (κ2) is 6.34. The topological polar surface area (TPSA) is 78.8 Å². The number of allylic oxidation sites excluding steroid dienone is 2. The van der Waals surface area contributed by atoms with E-state index in [9.17, 15) is 13.2 Å². The van der Waals surface area contributed by atoms with Gasteiger partial charge in [0, 0.05) is 23.4 Å². The average molecular weight is 375 g/mol. The third-order valence-corrected chi connectivity index (χ3v) is 6.64. The van der Waals surface area contributed by atoms with E-state index >= 15 is 0 Å². The molecule has 0 fully saturated rings. The molecule has 0 aromatic heterocycles. The Kier molecular flexibility index (Phi) is 4.16. The number of nitrogens with one attached hydrogen (secondary N) is 1. The van der Waals surface area contributed by atoms with Gasteiger partial charge < -0.3 is 10.2 Å². The standard InChI is InChI=1S/C17H17N3O3S2/c21-17(18-14-7-10-24-15-6-2-1-4-12(14)15)13-5-3-8-20-9-11-25(22,23)19-16(13)20/h1-6,8,14H,7,9-11H2,(H,18,21). The number of hydrogen-bond acceptors (Lipinski definition) is 5. The number of sulfonamides is 1. The quantitative estimate of drug-likeness (QED) is 0.853. The molecule has 0 radical (unpaired) electrons. The van der Waals surface area contributed by atoms with E-state index in [2.05, 4.69) is 15.8 Å². The number of amides is 1. The number of rotatable bonds is 2. The van der Waals surface area contributed by atoms with E-state index in [-0.39, 0.29) is 23.5 Å². The molecule has 25 heavy (non-hydrogen) atoms. The molecule has 1 aromatic rings. The van der Waals surface area contributed by atoms with Crippen molar-refractivity contribution in [2.24, 2.45) is 4.40 Å². The van der Waals surface area contributed by atoms with Crippen LogP contribution in [0.1, 0.15) is 18.0 Å². The van der Waals surface area contributed by atoms with Crippen LogP contribution in [-0.4, -0.2) is 43.1 Å². The fourth-order valence-corrected chi connectivity index (χ4v) is 5.23. The van der Waals surface area contributed by atoms with Crippen LogP contribution < -0.4 is 5.32 Å². The fourth-order valence-electron chi connectivity index (χ4n) is 3.12. The van der Waals surface area contributed by atoms with Crippen LogP contribution in [-0.2, 0) is 14.8 Å². The van der Waals surface area contributed by atoms with E-state index in [1.165, 1.54) is 4.90 Å². The van der Waals surface area contributed by atoms with Gasteiger partial charge in [-0.3, -0.25) is 4.79 Å². The molecule has 0 bridgehead atoms. The number of fused-ring (bicyclic) bond motifs is 2. The minimum Gasteiger partial charge on any atom is -0.345 e. The Balaban J connectivity index is 1.61. The molecule has 1 aromatic carbocycles. The van der Waals surface area contributed by atoms with Gasteiger partial charge in [-0.25, -0.2) is 8.42 Å². The molecule has 0 saturated carbocycles. The van der Waals surface area contributed by atoms with Crippen molar-refractivity contribution in [3.05, 3.63) is 53.8 Å². The Labute approximate surface area is 150 Å². The lowest BCUT2D eigenvalue weighted by molar-refractivity contribution is -0.117. The molecule has 0 aliphatic carbocycles. The van der Waals surface area contributed by atoms with Crippen LogP contribution in [0.2, 0.25) is 0 Å². The molecule has 4 rings (SSSR count). The smallest absolute Gasteiger partial charge is 0.256 e. The van der Waals surface area contributed by atoms with Gasteiger partial charge in [-0.1, -0.05) is 18.2 Å². The lowest BCUT2D eigenvalue weighted by Crippen LogP contribution is -2.43. The molecule has 0 spiro atoms. The van der Waals surface area contributed by atoms with E-state index in [1.807, 2.05) is 18.2 Å². The summed E-state index contributed by atoms with van der Waals surface area (Å²) in [6, 6.07) is 7.96. The van der Waals surface area contributed by atoms with E-state index in [0.717, 1.165) is 17.7 Å². The van der Waals surface area contributed by atoms with Crippen LogP contribution in [0.3, 0.4) is 0 Å². The number of nitrogens with zero attached hydrogens (tertiary/aromatic N) is 2. The second-order valence-electron chi connectivity index (χ2n) is 6.02. The molecule has 3 heterocycles. The predicted octanol–water partition coefficient (Wildman–Crippen LogP) is 1.84. The SMILES string of the molecule is O=C(NC1CCSc2ccccc21)C1=CC=CN2CCS(=O)(=O)N=C12. The maximum absolute atomic E-state index is 12.8. The van der Waals surface area contributed by atoms with Crippen molar-refractivity contribution in [1.29, 1.82) is 0 Å². The predicted molar refractivity (Wildman–Crippen MR) is 97.8 cm³/mol. The third-order valence-electron chi connectivity index (χ3n) is 4.37. The Morgan fingerprint density at radius 3 is 3.04 bits per heavy atom. The Morgan fingerprint density at radius 2 is 2.16 bits per heavy atom. The normalized spacial score (nSPS) is 23.8. The van der Waals surface area contributed by atoms with E-state index in [4.69, 9.17) is 0 Å². The van der Waals surface area contributed by atoms with Crippen molar-refractivity contribution >= 4 is 33.5 Å². The second-order valence-corrected chi connectivity index (χ2v) is 8.91. The molecule has 130 valence electrons. The molecule has 1 amide bonds. The van der Waals surface area contributed by atoms with Crippen molar-refractivity contribution in [3.63, 3.8) is 0 Å². The van der Waals surface area contributed by atoms with Gasteiger partial charge in [-0.05, 0) is 30.2 Å². The van der Waals surface area contributed by atoms with Crippen LogP contribution in [0.25, 0.3) is 0 Å². The summed E-state index contributed by atoms with van der Waals surface area (Å²) in [5.74, 6) is 0.812. The van der Waals surface area contributed by atoms with Gasteiger partial charge in [-0.15, -0.1) is 16.2 Å². The highest BCUT2D eigenvalue weighted by atomic mass is 32.2. The van der Waals surface area contributed by atoms with Crippen molar-refractivity contribution in [2.45, 2.75) is 17.4 Å². The molecular formula is C17H17N3O3S2. The van der Waals surface area contributed by atoms with Crippen LogP contribution in [0.15, 0.2) is 57.5 Å². The summed E-state index contributed by atoms with van der Waals surface area (Å²) < 4.78 is 27.5. The number of carbonyl (C=O) groups excluding carboxylic acids is 1. The van der Waals surface area contributed by atoms with Gasteiger partial charge in [0.25, 0.3) is 15.9 Å². The number of benzene rings is 1. The van der Waals surface area contributed by atoms with Crippen LogP contribution in [0.5, 0.6) is 0 Å². The summed E-state index contributed by atoms with van der Waals surface area (Å²) in [7, 11) is -3.51. The summed E-state index contributed by atoms with van der Waals surface area (Å²) in [5.41, 5.74) is 1.40. The summed E-state index contributed by atoms with van der Waals surface area (Å²) in [6.07, 6.45) is 5.95. The third kappa shape index (κ3) is 3.23. The van der Waals surface area contributed by atoms with Crippen LogP contribution in [0, 0.1) is 0 Å². The van der Waals surface area contributed by atoms with E-state index in [0.29, 0.717) is 12.1 Å². The molecule has 1 unspecified atom stereocenters. The largest absolute Gasteiger partial charge is 0.345 e. The summed E-state index contributed by atoms with van der Waals surface area (Å²) in [5, 5.41) is 3.05. The molecule has 3 aliphatic rings. The first-order valence-electron chi connectivity index (χ1n) is 8.04. The van der Waals surface area contributed by atoms with Gasteiger partial charge in [0.05, 0.1) is 17.4 Å². The zero-order valence-corrected chi connectivity index (χ0v) is 15.0. The minimum absolute atomic E-state index is 0.0387. The molecule has 1 N–H and O–H groups in total. The summed E-state index contributed by atoms with van der Waals surface area (Å²) >= 11 is 1.78. The summed E-state index contributed by atoms with van der Waals surface area (Å²) in [6.45, 7) is 0.311. The molecular weight excluding hydrogens is 358 g/mol. The molecule has 3 aliphatic heterocycles. The number of amidine groups is 1. The first-order valence-corrected chi connectivity index (χ1v) is 10.6. The lowest BCUT2D eigenvalue weighted by atomic mass is 10.0. The van der Waals surface area contributed by atoms with E-state index in [1.54, 1.807) is 35.0 Å². The zero-order chi connectivity index (χ0) is 17.4. The van der Waals surface area contributed by atoms with Gasteiger partial charge in [0.1, 0.15) is 0 Å². The Morgan fingerprint density at radius 1 is 1.32 bits per heavy atom. The number of hydrogen-bond donors (Lipinski definition) is 1. The average Bonchev–Trinajstić information content (AvgIpc) is 2.61. The molecule has 6 nitrogen and oxygen atoms in total. The molecule has 1 atom stereocenters. The van der Waals surface area contributed by atoms with Crippen molar-refractivity contribution in [1.82, 2.24) is 10.2 Å². The molecule has 8 heteroatoms. The van der Waals surface area contributed by atoms with Crippen molar-refractivity contribution < 1.29 is 13.2 Å². The minimum atomic E-state index is -3.51. The van der Waals surface area contributed by atoms with E-state index < -0.39 is 10.0 Å². The number of thioether (sulfide) groups is 1. The Bertz CT molecular complexity index is 919. The lowest BCUT2D eigenvalue weighted by Gasteiger charge is -2.30. The van der Waals surface area contributed by atoms with Crippen molar-refractivity contribution in [3.8, 4) is 0 Å². The first kappa shape index (κ1) is 16.4. The highest BCUT2D eigenvalue weighted by Crippen LogP contribution is 2.36. The van der Waals surface area contributed by atoms with Crippen molar-refractivity contribution in [2.75, 3.05) is 18.1 Å². The highest BCUT2D eigenvalue weighted by Gasteiger charge is 2.31. The number of carbonyl (C=O) groups is 1. The van der Waals surface area contributed by atoms with Gasteiger partial charge >= 0.3 is 0 Å². The van der Waals surface area contributed by atoms with Gasteiger partial charge in [0.2, 0.25) is 0 Å². The van der Waals surface area contributed by atoms with Crippen LogP contribution in [0.4, 0.5) is 0 Å². The maximum atomic E-state index is 12.8. The maximum Gasteiger partial charge on any atom is 0.256 e. The first-order chi connectivity index (χ1) is 12.0. The highest BCUT2D eigenvalue weighted by molar-refractivity contribution is 7.99. The Hall–Kier alpha value is -2.06. The zero-order valence-electron chi connectivity index (χ0n) is 13.4. The van der Waals surface area contributed by atoms with Gasteiger partial charge in [0.15, 0.2) is 5.84 Å². The van der Waals surface area contributed by atoms with Gasteiger partial charge in [-0.2, -0.15) is 0 Å². The fraction of sp³-hybridized carbons (Fsp3) is 0.294. The van der Waals surface area contributed by atoms with Crippen LogP contribution >= 0.6 is 11.8 Å². The molecule has 0 saturated heterocycles. The summed E-state index contributed by atoms with van der Waals surface area (Å²) in [4.78, 5) is 15.7.